The highest BCUT2D eigenvalue weighted by Gasteiger charge is 2.21. The number of nitrogens with one attached hydrogen (secondary N) is 1. The molecule has 0 aromatic heterocycles. The summed E-state index contributed by atoms with van der Waals surface area (Å²) in [6.45, 7) is 2.42. The number of hydrogen-bond acceptors (Lipinski definition) is 3. The highest BCUT2D eigenvalue weighted by Crippen LogP contribution is 2.32. The van der Waals surface area contributed by atoms with Crippen LogP contribution in [-0.2, 0) is 0 Å². The van der Waals surface area contributed by atoms with E-state index in [-0.39, 0.29) is 18.6 Å². The second kappa shape index (κ2) is 6.51. The average molecular weight is 297 g/mol. The van der Waals surface area contributed by atoms with Crippen LogP contribution in [0.15, 0.2) is 48.6 Å². The third-order valence-electron chi connectivity index (χ3n) is 4.48. The van der Waals surface area contributed by atoms with Crippen LogP contribution in [-0.4, -0.2) is 24.9 Å². The monoisotopic (exact) mass is 297 g/mol. The summed E-state index contributed by atoms with van der Waals surface area (Å²) in [6.07, 6.45) is 5.24. The minimum atomic E-state index is 0.231. The van der Waals surface area contributed by atoms with Gasteiger partial charge in [-0.3, -0.25) is 0 Å². The van der Waals surface area contributed by atoms with E-state index < -0.39 is 0 Å². The van der Waals surface area contributed by atoms with Crippen molar-refractivity contribution in [2.24, 2.45) is 5.92 Å². The van der Waals surface area contributed by atoms with Crippen molar-refractivity contribution in [3.63, 3.8) is 0 Å². The van der Waals surface area contributed by atoms with E-state index in [2.05, 4.69) is 48.7 Å². The van der Waals surface area contributed by atoms with Crippen LogP contribution in [0.1, 0.15) is 24.9 Å². The summed E-state index contributed by atoms with van der Waals surface area (Å²) in [5, 5.41) is 15.3. The predicted octanol–water partition coefficient (Wildman–Crippen LogP) is 3.44. The maximum Gasteiger partial charge on any atom is 0.126 e. The molecule has 0 amide bonds. The summed E-state index contributed by atoms with van der Waals surface area (Å²) >= 11 is 0. The van der Waals surface area contributed by atoms with E-state index in [1.165, 1.54) is 10.9 Å². The molecule has 116 valence electrons. The number of rotatable bonds is 5. The molecule has 1 aliphatic rings. The third-order valence-corrected chi connectivity index (χ3v) is 4.48. The molecule has 3 rings (SSSR count). The van der Waals surface area contributed by atoms with Gasteiger partial charge in [-0.1, -0.05) is 42.5 Å². The molecule has 3 nitrogen and oxygen atoms in total. The maximum absolute atomic E-state index is 9.24. The molecular weight excluding hydrogens is 274 g/mol. The van der Waals surface area contributed by atoms with Gasteiger partial charge in [-0.25, -0.2) is 0 Å². The summed E-state index contributed by atoms with van der Waals surface area (Å²) in [6, 6.07) is 13.1. The van der Waals surface area contributed by atoms with Crippen molar-refractivity contribution in [3.8, 4) is 5.75 Å². The molecule has 2 aromatic rings. The Balaban J connectivity index is 1.85. The fourth-order valence-electron chi connectivity index (χ4n) is 3.29. The van der Waals surface area contributed by atoms with Gasteiger partial charge in [-0.05, 0) is 30.4 Å². The zero-order chi connectivity index (χ0) is 15.5. The van der Waals surface area contributed by atoms with E-state index >= 15 is 0 Å². The zero-order valence-electron chi connectivity index (χ0n) is 13.1. The summed E-state index contributed by atoms with van der Waals surface area (Å²) in [4.78, 5) is 0. The number of aliphatic hydroxyl groups is 1. The Hall–Kier alpha value is -1.84. The molecule has 22 heavy (non-hydrogen) atoms. The molecule has 0 unspecified atom stereocenters. The van der Waals surface area contributed by atoms with E-state index in [0.29, 0.717) is 6.04 Å². The van der Waals surface area contributed by atoms with Crippen LogP contribution < -0.4 is 10.1 Å². The molecular formula is C19H23NO2. The van der Waals surface area contributed by atoms with Gasteiger partial charge in [0.2, 0.25) is 0 Å². The lowest BCUT2D eigenvalue weighted by molar-refractivity contribution is 0.245. The second-order valence-corrected chi connectivity index (χ2v) is 5.96. The predicted molar refractivity (Wildman–Crippen MR) is 90.2 cm³/mol. The van der Waals surface area contributed by atoms with Crippen LogP contribution >= 0.6 is 0 Å². The van der Waals surface area contributed by atoms with Gasteiger partial charge >= 0.3 is 0 Å². The molecule has 0 saturated heterocycles. The van der Waals surface area contributed by atoms with E-state index in [1.54, 1.807) is 7.11 Å². The number of aliphatic hydroxyl groups excluding tert-OH is 1. The fourth-order valence-corrected chi connectivity index (χ4v) is 3.29. The Bertz CT molecular complexity index is 680. The molecule has 2 aromatic carbocycles. The van der Waals surface area contributed by atoms with Gasteiger partial charge in [0, 0.05) is 30.0 Å². The van der Waals surface area contributed by atoms with Crippen molar-refractivity contribution in [1.82, 2.24) is 5.32 Å². The number of methoxy groups -OCH3 is 1. The second-order valence-electron chi connectivity index (χ2n) is 5.96. The first-order valence-corrected chi connectivity index (χ1v) is 7.83. The van der Waals surface area contributed by atoms with Crippen molar-refractivity contribution >= 4 is 10.8 Å². The van der Waals surface area contributed by atoms with Crippen LogP contribution in [0.25, 0.3) is 10.8 Å². The van der Waals surface area contributed by atoms with Gasteiger partial charge in [0.05, 0.1) is 7.11 Å². The molecule has 3 atom stereocenters. The first-order chi connectivity index (χ1) is 10.7. The minimum Gasteiger partial charge on any atom is -0.496 e. The van der Waals surface area contributed by atoms with Gasteiger partial charge in [0.25, 0.3) is 0 Å². The van der Waals surface area contributed by atoms with Crippen molar-refractivity contribution in [2.75, 3.05) is 13.7 Å². The van der Waals surface area contributed by atoms with E-state index in [4.69, 9.17) is 4.74 Å². The van der Waals surface area contributed by atoms with Gasteiger partial charge < -0.3 is 15.2 Å². The van der Waals surface area contributed by atoms with Crippen LogP contribution in [0.5, 0.6) is 5.75 Å². The molecule has 1 aliphatic carbocycles. The summed E-state index contributed by atoms with van der Waals surface area (Å²) < 4.78 is 5.46. The van der Waals surface area contributed by atoms with Crippen LogP contribution in [0.3, 0.4) is 0 Å². The number of ether oxygens (including phenoxy) is 1. The number of benzene rings is 2. The molecule has 0 spiro atoms. The third kappa shape index (κ3) is 2.87. The molecule has 2 N–H and O–H groups in total. The van der Waals surface area contributed by atoms with Crippen molar-refractivity contribution in [2.45, 2.75) is 25.4 Å². The molecule has 0 bridgehead atoms. The SMILES string of the molecule is COc1ccc([C@@H](C)N[C@@H]2C=C[C@H](CO)C2)c2ccccc12. The van der Waals surface area contributed by atoms with E-state index in [1.807, 2.05) is 12.1 Å². The lowest BCUT2D eigenvalue weighted by Crippen LogP contribution is -2.29. The Kier molecular flexibility index (Phi) is 4.46. The van der Waals surface area contributed by atoms with Crippen molar-refractivity contribution in [3.05, 3.63) is 54.1 Å². The number of hydrogen-bond donors (Lipinski definition) is 2. The van der Waals surface area contributed by atoms with Gasteiger partial charge in [0.1, 0.15) is 5.75 Å². The average Bonchev–Trinajstić information content (AvgIpc) is 3.01. The zero-order valence-corrected chi connectivity index (χ0v) is 13.1. The Labute approximate surface area is 131 Å². The Morgan fingerprint density at radius 2 is 1.95 bits per heavy atom. The summed E-state index contributed by atoms with van der Waals surface area (Å²) in [7, 11) is 1.71. The van der Waals surface area contributed by atoms with Crippen molar-refractivity contribution < 1.29 is 9.84 Å². The normalized spacial score (nSPS) is 22.1. The Morgan fingerprint density at radius 1 is 1.18 bits per heavy atom. The van der Waals surface area contributed by atoms with Crippen LogP contribution in [0, 0.1) is 5.92 Å². The molecule has 0 radical (unpaired) electrons. The molecule has 3 heteroatoms. The first-order valence-electron chi connectivity index (χ1n) is 7.83. The van der Waals surface area contributed by atoms with Gasteiger partial charge in [-0.2, -0.15) is 0 Å². The highest BCUT2D eigenvalue weighted by molar-refractivity contribution is 5.91. The van der Waals surface area contributed by atoms with Crippen LogP contribution in [0.2, 0.25) is 0 Å². The van der Waals surface area contributed by atoms with Crippen molar-refractivity contribution in [1.29, 1.82) is 0 Å². The van der Waals surface area contributed by atoms with Gasteiger partial charge in [-0.15, -0.1) is 0 Å². The Morgan fingerprint density at radius 3 is 2.64 bits per heavy atom. The fraction of sp³-hybridized carbons (Fsp3) is 0.368. The quantitative estimate of drug-likeness (QED) is 0.831. The molecule has 0 aliphatic heterocycles. The lowest BCUT2D eigenvalue weighted by atomic mass is 9.98. The maximum atomic E-state index is 9.24. The smallest absolute Gasteiger partial charge is 0.126 e. The summed E-state index contributed by atoms with van der Waals surface area (Å²) in [5.41, 5.74) is 1.28. The molecule has 0 fully saturated rings. The standard InChI is InChI=1S/C19H23NO2/c1-13(20-15-8-7-14(11-15)12-21)16-9-10-19(22-2)18-6-4-3-5-17(16)18/h3-10,13-15,20-21H,11-12H2,1-2H3/t13-,14+,15-/m1/s1. The molecule has 0 heterocycles. The van der Waals surface area contributed by atoms with E-state index in [0.717, 1.165) is 17.6 Å². The van der Waals surface area contributed by atoms with Gasteiger partial charge in [0.15, 0.2) is 0 Å². The van der Waals surface area contributed by atoms with E-state index in [9.17, 15) is 5.11 Å². The lowest BCUT2D eigenvalue weighted by Gasteiger charge is -2.21. The summed E-state index contributed by atoms with van der Waals surface area (Å²) in [5.74, 6) is 1.20. The highest BCUT2D eigenvalue weighted by atomic mass is 16.5. The molecule has 0 saturated carbocycles. The first kappa shape index (κ1) is 15.1. The largest absolute Gasteiger partial charge is 0.496 e. The minimum absolute atomic E-state index is 0.231. The van der Waals surface area contributed by atoms with Crippen LogP contribution in [0.4, 0.5) is 0 Å². The number of fused-ring (bicyclic) bond motifs is 1. The topological polar surface area (TPSA) is 41.5 Å².